The second kappa shape index (κ2) is 11.7. The van der Waals surface area contributed by atoms with Gasteiger partial charge < -0.3 is 10.2 Å². The number of rotatable bonds is 12. The second-order valence-electron chi connectivity index (χ2n) is 8.33. The van der Waals surface area contributed by atoms with E-state index >= 15 is 0 Å². The van der Waals surface area contributed by atoms with Gasteiger partial charge in [-0.3, -0.25) is 9.59 Å². The van der Waals surface area contributed by atoms with E-state index in [0.29, 0.717) is 32.1 Å². The monoisotopic (exact) mass is 412 g/mol. The summed E-state index contributed by atoms with van der Waals surface area (Å²) < 4.78 is 0. The summed E-state index contributed by atoms with van der Waals surface area (Å²) in [4.78, 5) is 24.2. The lowest BCUT2D eigenvalue weighted by atomic mass is 9.77. The van der Waals surface area contributed by atoms with Crippen LogP contribution in [0.5, 0.6) is 0 Å². The van der Waals surface area contributed by atoms with Crippen molar-refractivity contribution in [3.05, 3.63) is 71.8 Å². The molecule has 0 aliphatic rings. The summed E-state index contributed by atoms with van der Waals surface area (Å²) >= 11 is 0. The van der Waals surface area contributed by atoms with Crippen molar-refractivity contribution in [2.45, 2.75) is 70.6 Å². The molecule has 0 spiro atoms. The van der Waals surface area contributed by atoms with Crippen molar-refractivity contribution in [3.8, 4) is 0 Å². The van der Waals surface area contributed by atoms with E-state index in [1.165, 1.54) is 0 Å². The number of aliphatic hydroxyl groups is 1. The van der Waals surface area contributed by atoms with E-state index in [9.17, 15) is 19.8 Å². The number of hydrogen-bond acceptors (Lipinski definition) is 3. The van der Waals surface area contributed by atoms with Crippen molar-refractivity contribution < 1.29 is 19.8 Å². The van der Waals surface area contributed by atoms with Gasteiger partial charge in [-0.25, -0.2) is 0 Å². The van der Waals surface area contributed by atoms with Gasteiger partial charge in [0.05, 0.1) is 12.0 Å². The Balaban J connectivity index is 0.00000450. The maximum Gasteiger partial charge on any atom is 0.313 e. The summed E-state index contributed by atoms with van der Waals surface area (Å²) in [5.41, 5.74) is 0.512. The molecule has 0 fully saturated rings. The van der Waals surface area contributed by atoms with Gasteiger partial charge in [-0.05, 0) is 43.7 Å². The van der Waals surface area contributed by atoms with E-state index < -0.39 is 11.4 Å². The number of hydrogen-bond donors (Lipinski definition) is 2. The molecule has 0 amide bonds. The molecule has 164 valence electrons. The number of carboxylic acid groups (broad SMARTS) is 1. The molecule has 2 atom stereocenters. The van der Waals surface area contributed by atoms with E-state index in [0.717, 1.165) is 17.5 Å². The zero-order chi connectivity index (χ0) is 21.3. The van der Waals surface area contributed by atoms with Crippen molar-refractivity contribution in [1.82, 2.24) is 0 Å². The molecule has 2 unspecified atom stereocenters. The molecular weight excluding hydrogens is 376 g/mol. The Morgan fingerprint density at radius 2 is 1.27 bits per heavy atom. The van der Waals surface area contributed by atoms with E-state index in [1.807, 2.05) is 67.6 Å². The van der Waals surface area contributed by atoms with Crippen molar-refractivity contribution in [2.24, 2.45) is 0 Å². The van der Waals surface area contributed by atoms with E-state index in [4.69, 9.17) is 0 Å². The Labute approximate surface area is 181 Å². The van der Waals surface area contributed by atoms with Crippen LogP contribution in [0.25, 0.3) is 0 Å². The lowest BCUT2D eigenvalue weighted by molar-refractivity contribution is -0.143. The van der Waals surface area contributed by atoms with Crippen molar-refractivity contribution in [2.75, 3.05) is 6.61 Å². The topological polar surface area (TPSA) is 74.6 Å². The van der Waals surface area contributed by atoms with Crippen LogP contribution in [-0.2, 0) is 20.4 Å². The zero-order valence-corrected chi connectivity index (χ0v) is 17.4. The highest BCUT2D eigenvalue weighted by Gasteiger charge is 2.34. The molecule has 2 rings (SSSR count). The first-order valence-electron chi connectivity index (χ1n) is 10.3. The Hall–Kier alpha value is -2.46. The van der Waals surface area contributed by atoms with E-state index in [2.05, 4.69) is 0 Å². The average Bonchev–Trinajstić information content (AvgIpc) is 2.74. The summed E-state index contributed by atoms with van der Waals surface area (Å²) in [6, 6.07) is 19.1. The van der Waals surface area contributed by atoms with Gasteiger partial charge >= 0.3 is 5.97 Å². The van der Waals surface area contributed by atoms with Crippen LogP contribution >= 0.6 is 0 Å². The number of Topliss-reactive ketones (excluding diaryl/α,β-unsaturated/α-hetero) is 1. The van der Waals surface area contributed by atoms with E-state index in [1.54, 1.807) is 6.92 Å². The first-order chi connectivity index (χ1) is 13.8. The molecule has 4 heteroatoms. The Bertz CT molecular complexity index is 787. The Morgan fingerprint density at radius 1 is 0.800 bits per heavy atom. The van der Waals surface area contributed by atoms with Gasteiger partial charge in [-0.2, -0.15) is 0 Å². The third-order valence-corrected chi connectivity index (χ3v) is 6.02. The summed E-state index contributed by atoms with van der Waals surface area (Å²) in [6.07, 6.45) is 3.26. The molecular formula is C26H36O4. The number of carboxylic acids is 1. The molecule has 0 radical (unpaired) electrons. The number of aliphatic hydroxyl groups excluding tert-OH is 1. The zero-order valence-electron chi connectivity index (χ0n) is 17.4. The van der Waals surface area contributed by atoms with Crippen LogP contribution in [0.15, 0.2) is 60.7 Å². The third kappa shape index (κ3) is 6.53. The third-order valence-electron chi connectivity index (χ3n) is 6.02. The molecule has 0 saturated carbocycles. The molecule has 2 N–H and O–H groups in total. The largest absolute Gasteiger partial charge is 0.481 e. The SMILES string of the molecule is C.CC(CO)(CCCC(=O)CCCC(C)(C(=O)O)c1ccccc1)c1ccccc1. The lowest BCUT2D eigenvalue weighted by Crippen LogP contribution is -2.32. The Kier molecular flexibility index (Phi) is 9.94. The first kappa shape index (κ1) is 25.6. The molecule has 2 aromatic rings. The molecule has 0 bridgehead atoms. The minimum Gasteiger partial charge on any atom is -0.481 e. The summed E-state index contributed by atoms with van der Waals surface area (Å²) in [7, 11) is 0. The van der Waals surface area contributed by atoms with Gasteiger partial charge in [0.25, 0.3) is 0 Å². The number of carbonyl (C=O) groups excluding carboxylic acids is 1. The minimum atomic E-state index is -0.982. The van der Waals surface area contributed by atoms with Crippen molar-refractivity contribution in [1.29, 1.82) is 0 Å². The van der Waals surface area contributed by atoms with Gasteiger partial charge in [0, 0.05) is 18.3 Å². The standard InChI is InChI=1S/C25H32O4.CH4/c1-24(19-26,20-11-5-3-6-12-20)17-9-15-22(27)16-10-18-25(2,23(28)29)21-13-7-4-8-14-21;/h3-8,11-14,26H,9-10,15-19H2,1-2H3,(H,28,29);1H4. The molecule has 0 aliphatic carbocycles. The fraction of sp³-hybridized carbons (Fsp3) is 0.462. The highest BCUT2D eigenvalue weighted by Crippen LogP contribution is 2.31. The van der Waals surface area contributed by atoms with Crippen molar-refractivity contribution >= 4 is 11.8 Å². The molecule has 2 aromatic carbocycles. The molecule has 0 saturated heterocycles. The number of ketones is 1. The van der Waals surface area contributed by atoms with Gasteiger partial charge in [0.2, 0.25) is 0 Å². The lowest BCUT2D eigenvalue weighted by Gasteiger charge is -2.28. The molecule has 4 nitrogen and oxygen atoms in total. The second-order valence-corrected chi connectivity index (χ2v) is 8.33. The van der Waals surface area contributed by atoms with Crippen LogP contribution < -0.4 is 0 Å². The van der Waals surface area contributed by atoms with E-state index in [-0.39, 0.29) is 25.2 Å². The maximum atomic E-state index is 12.3. The van der Waals surface area contributed by atoms with Crippen LogP contribution in [0.4, 0.5) is 0 Å². The fourth-order valence-corrected chi connectivity index (χ4v) is 3.78. The quantitative estimate of drug-likeness (QED) is 0.481. The molecule has 0 aromatic heterocycles. The van der Waals surface area contributed by atoms with Crippen molar-refractivity contribution in [3.63, 3.8) is 0 Å². The fourth-order valence-electron chi connectivity index (χ4n) is 3.78. The average molecular weight is 413 g/mol. The molecule has 0 aliphatic heterocycles. The normalized spacial score (nSPS) is 14.8. The summed E-state index contributed by atoms with van der Waals surface area (Å²) in [5, 5.41) is 19.6. The summed E-state index contributed by atoms with van der Waals surface area (Å²) in [6.45, 7) is 3.78. The van der Waals surface area contributed by atoms with Gasteiger partial charge in [-0.15, -0.1) is 0 Å². The molecule has 0 heterocycles. The molecule has 30 heavy (non-hydrogen) atoms. The predicted molar refractivity (Wildman–Crippen MR) is 122 cm³/mol. The minimum absolute atomic E-state index is 0. The summed E-state index contributed by atoms with van der Waals surface area (Å²) in [5.74, 6) is -0.711. The number of benzene rings is 2. The van der Waals surface area contributed by atoms with Gasteiger partial charge in [0.1, 0.15) is 5.78 Å². The van der Waals surface area contributed by atoms with Crippen LogP contribution in [0.2, 0.25) is 0 Å². The highest BCUT2D eigenvalue weighted by atomic mass is 16.4. The highest BCUT2D eigenvalue weighted by molar-refractivity contribution is 5.81. The van der Waals surface area contributed by atoms with Gasteiger partial charge in [-0.1, -0.05) is 75.0 Å². The van der Waals surface area contributed by atoms with Crippen LogP contribution in [0.3, 0.4) is 0 Å². The maximum absolute atomic E-state index is 12.3. The predicted octanol–water partition coefficient (Wildman–Crippen LogP) is 5.52. The van der Waals surface area contributed by atoms with Gasteiger partial charge in [0.15, 0.2) is 0 Å². The van der Waals surface area contributed by atoms with Crippen LogP contribution in [0.1, 0.15) is 70.9 Å². The number of aliphatic carboxylic acids is 1. The Morgan fingerprint density at radius 3 is 1.73 bits per heavy atom. The first-order valence-corrected chi connectivity index (χ1v) is 10.3. The number of carbonyl (C=O) groups is 2. The smallest absolute Gasteiger partial charge is 0.313 e. The van der Waals surface area contributed by atoms with Crippen LogP contribution in [-0.4, -0.2) is 28.6 Å². The van der Waals surface area contributed by atoms with Crippen LogP contribution in [0, 0.1) is 0 Å².